The van der Waals surface area contributed by atoms with E-state index in [0.29, 0.717) is 11.5 Å². The maximum absolute atomic E-state index is 13.3. The van der Waals surface area contributed by atoms with Crippen molar-refractivity contribution in [1.82, 2.24) is 5.43 Å². The lowest BCUT2D eigenvalue weighted by atomic mass is 10.2. The Bertz CT molecular complexity index is 674. The second kappa shape index (κ2) is 7.78. The first-order chi connectivity index (χ1) is 10.7. The van der Waals surface area contributed by atoms with Gasteiger partial charge in [0, 0.05) is 11.6 Å². The van der Waals surface area contributed by atoms with Gasteiger partial charge in [-0.05, 0) is 18.2 Å². The van der Waals surface area contributed by atoms with Gasteiger partial charge < -0.3 is 9.47 Å². The van der Waals surface area contributed by atoms with Crippen molar-refractivity contribution in [1.29, 1.82) is 0 Å². The molecule has 0 aliphatic rings. The summed E-state index contributed by atoms with van der Waals surface area (Å²) < 4.78 is 23.7. The van der Waals surface area contributed by atoms with Crippen LogP contribution in [0.4, 0.5) is 4.39 Å². The van der Waals surface area contributed by atoms with Crippen LogP contribution in [0.2, 0.25) is 0 Å². The first kappa shape index (κ1) is 15.5. The van der Waals surface area contributed by atoms with Gasteiger partial charge in [-0.3, -0.25) is 4.79 Å². The molecule has 0 radical (unpaired) electrons. The number of rotatable bonds is 6. The molecular weight excluding hydrogens is 287 g/mol. The van der Waals surface area contributed by atoms with Crippen molar-refractivity contribution < 1.29 is 18.7 Å². The first-order valence-electron chi connectivity index (χ1n) is 6.52. The quantitative estimate of drug-likeness (QED) is 0.658. The lowest BCUT2D eigenvalue weighted by Crippen LogP contribution is -2.24. The Kier molecular flexibility index (Phi) is 5.48. The number of hydrazone groups is 1. The van der Waals surface area contributed by atoms with Crippen molar-refractivity contribution in [3.63, 3.8) is 0 Å². The molecule has 0 aliphatic carbocycles. The molecule has 0 bridgehead atoms. The van der Waals surface area contributed by atoms with Gasteiger partial charge in [0.05, 0.1) is 13.3 Å². The van der Waals surface area contributed by atoms with Gasteiger partial charge in [-0.15, -0.1) is 0 Å². The zero-order chi connectivity index (χ0) is 15.8. The molecule has 0 aliphatic heterocycles. The van der Waals surface area contributed by atoms with Crippen LogP contribution in [0.1, 0.15) is 5.56 Å². The molecule has 0 aromatic heterocycles. The van der Waals surface area contributed by atoms with E-state index in [0.717, 1.165) is 0 Å². The summed E-state index contributed by atoms with van der Waals surface area (Å²) in [6.07, 6.45) is 1.23. The first-order valence-corrected chi connectivity index (χ1v) is 6.52. The highest BCUT2D eigenvalue weighted by molar-refractivity contribution is 5.83. The van der Waals surface area contributed by atoms with Crippen LogP contribution >= 0.6 is 0 Å². The van der Waals surface area contributed by atoms with Crippen LogP contribution in [0.25, 0.3) is 0 Å². The number of nitrogens with zero attached hydrogens (tertiary/aromatic N) is 1. The SMILES string of the molecule is COc1cccc(OCC(=O)N/N=C/c2ccccc2F)c1. The van der Waals surface area contributed by atoms with Gasteiger partial charge in [0.2, 0.25) is 0 Å². The van der Waals surface area contributed by atoms with Crippen LogP contribution in [-0.4, -0.2) is 25.8 Å². The van der Waals surface area contributed by atoms with Gasteiger partial charge in [0.1, 0.15) is 17.3 Å². The highest BCUT2D eigenvalue weighted by Gasteiger charge is 2.03. The number of amides is 1. The fourth-order valence-corrected chi connectivity index (χ4v) is 1.63. The summed E-state index contributed by atoms with van der Waals surface area (Å²) in [4.78, 5) is 11.6. The molecule has 0 saturated heterocycles. The fraction of sp³-hybridized carbons (Fsp3) is 0.125. The average molecular weight is 302 g/mol. The van der Waals surface area contributed by atoms with E-state index in [1.807, 2.05) is 0 Å². The van der Waals surface area contributed by atoms with E-state index >= 15 is 0 Å². The van der Waals surface area contributed by atoms with Gasteiger partial charge in [0.25, 0.3) is 5.91 Å². The Labute approximate surface area is 127 Å². The minimum atomic E-state index is -0.449. The Balaban J connectivity index is 1.82. The number of carbonyl (C=O) groups is 1. The van der Waals surface area contributed by atoms with Gasteiger partial charge in [-0.25, -0.2) is 9.82 Å². The average Bonchev–Trinajstić information content (AvgIpc) is 2.55. The minimum Gasteiger partial charge on any atom is -0.497 e. The molecule has 6 heteroatoms. The number of hydrogen-bond donors (Lipinski definition) is 1. The van der Waals surface area contributed by atoms with Crippen molar-refractivity contribution >= 4 is 12.1 Å². The topological polar surface area (TPSA) is 59.9 Å². The summed E-state index contributed by atoms with van der Waals surface area (Å²) in [5.74, 6) is 0.284. The lowest BCUT2D eigenvalue weighted by Gasteiger charge is -2.06. The summed E-state index contributed by atoms with van der Waals surface area (Å²) in [7, 11) is 1.54. The molecule has 22 heavy (non-hydrogen) atoms. The number of ether oxygens (including phenoxy) is 2. The van der Waals surface area contributed by atoms with Crippen LogP contribution in [0.3, 0.4) is 0 Å². The van der Waals surface area contributed by atoms with Crippen LogP contribution < -0.4 is 14.9 Å². The van der Waals surface area contributed by atoms with Gasteiger partial charge >= 0.3 is 0 Å². The predicted octanol–water partition coefficient (Wildman–Crippen LogP) is 2.36. The molecule has 5 nitrogen and oxygen atoms in total. The van der Waals surface area contributed by atoms with E-state index in [1.54, 1.807) is 49.6 Å². The Morgan fingerprint density at radius 2 is 2.00 bits per heavy atom. The molecule has 114 valence electrons. The Morgan fingerprint density at radius 3 is 2.77 bits per heavy atom. The van der Waals surface area contributed by atoms with Crippen molar-refractivity contribution in [2.45, 2.75) is 0 Å². The number of methoxy groups -OCH3 is 1. The van der Waals surface area contributed by atoms with Crippen LogP contribution in [-0.2, 0) is 4.79 Å². The molecule has 1 N–H and O–H groups in total. The summed E-state index contributed by atoms with van der Waals surface area (Å²) in [5, 5.41) is 3.68. The van der Waals surface area contributed by atoms with E-state index in [-0.39, 0.29) is 12.2 Å². The van der Waals surface area contributed by atoms with Gasteiger partial charge in [0.15, 0.2) is 6.61 Å². The van der Waals surface area contributed by atoms with E-state index in [4.69, 9.17) is 9.47 Å². The van der Waals surface area contributed by atoms with Crippen molar-refractivity contribution in [3.05, 3.63) is 59.9 Å². The smallest absolute Gasteiger partial charge is 0.277 e. The molecule has 0 atom stereocenters. The molecular formula is C16H15FN2O3. The highest BCUT2D eigenvalue weighted by Crippen LogP contribution is 2.18. The fourth-order valence-electron chi connectivity index (χ4n) is 1.63. The maximum Gasteiger partial charge on any atom is 0.277 e. The second-order valence-corrected chi connectivity index (χ2v) is 4.28. The summed E-state index contributed by atoms with van der Waals surface area (Å²) in [6, 6.07) is 13.0. The Morgan fingerprint density at radius 1 is 1.23 bits per heavy atom. The van der Waals surface area contributed by atoms with Crippen molar-refractivity contribution in [3.8, 4) is 11.5 Å². The highest BCUT2D eigenvalue weighted by atomic mass is 19.1. The summed E-state index contributed by atoms with van der Waals surface area (Å²) in [5.41, 5.74) is 2.55. The number of halogens is 1. The standard InChI is InChI=1S/C16H15FN2O3/c1-21-13-6-4-7-14(9-13)22-11-16(20)19-18-10-12-5-2-3-8-15(12)17/h2-10H,11H2,1H3,(H,19,20)/b18-10+. The summed E-state index contributed by atoms with van der Waals surface area (Å²) >= 11 is 0. The van der Waals surface area contributed by atoms with E-state index < -0.39 is 11.7 Å². The number of nitrogens with one attached hydrogen (secondary N) is 1. The van der Waals surface area contributed by atoms with Crippen LogP contribution in [0.5, 0.6) is 11.5 Å². The molecule has 0 spiro atoms. The number of benzene rings is 2. The van der Waals surface area contributed by atoms with E-state index in [9.17, 15) is 9.18 Å². The van der Waals surface area contributed by atoms with E-state index in [2.05, 4.69) is 10.5 Å². The lowest BCUT2D eigenvalue weighted by molar-refractivity contribution is -0.123. The molecule has 2 aromatic carbocycles. The molecule has 0 unspecified atom stereocenters. The monoisotopic (exact) mass is 302 g/mol. The third-order valence-corrected chi connectivity index (χ3v) is 2.71. The molecule has 1 amide bonds. The number of hydrogen-bond acceptors (Lipinski definition) is 4. The normalized spacial score (nSPS) is 10.5. The largest absolute Gasteiger partial charge is 0.497 e. The molecule has 0 heterocycles. The Hall–Kier alpha value is -2.89. The van der Waals surface area contributed by atoms with E-state index in [1.165, 1.54) is 12.3 Å². The molecule has 2 aromatic rings. The van der Waals surface area contributed by atoms with Crippen molar-refractivity contribution in [2.75, 3.05) is 13.7 Å². The van der Waals surface area contributed by atoms with Gasteiger partial charge in [-0.1, -0.05) is 24.3 Å². The van der Waals surface area contributed by atoms with Crippen LogP contribution in [0, 0.1) is 5.82 Å². The zero-order valence-electron chi connectivity index (χ0n) is 12.0. The second-order valence-electron chi connectivity index (χ2n) is 4.28. The third-order valence-electron chi connectivity index (χ3n) is 2.71. The zero-order valence-corrected chi connectivity index (χ0v) is 12.0. The van der Waals surface area contributed by atoms with Gasteiger partial charge in [-0.2, -0.15) is 5.10 Å². The van der Waals surface area contributed by atoms with Crippen molar-refractivity contribution in [2.24, 2.45) is 5.10 Å². The molecule has 0 saturated carbocycles. The predicted molar refractivity (Wildman–Crippen MR) is 80.6 cm³/mol. The maximum atomic E-state index is 13.3. The minimum absolute atomic E-state index is 0.207. The number of carbonyl (C=O) groups excluding carboxylic acids is 1. The van der Waals surface area contributed by atoms with Crippen LogP contribution in [0.15, 0.2) is 53.6 Å². The third kappa shape index (κ3) is 4.59. The molecule has 2 rings (SSSR count). The molecule has 0 fully saturated rings. The summed E-state index contributed by atoms with van der Waals surface area (Å²) in [6.45, 7) is -0.207.